The molecule has 0 saturated heterocycles. The van der Waals surface area contributed by atoms with Crippen molar-refractivity contribution in [1.29, 1.82) is 0 Å². The number of rotatable bonds is 6. The van der Waals surface area contributed by atoms with Crippen LogP contribution >= 0.6 is 11.8 Å². The predicted molar refractivity (Wildman–Crippen MR) is 80.2 cm³/mol. The average Bonchev–Trinajstić information content (AvgIpc) is 2.46. The van der Waals surface area contributed by atoms with Gasteiger partial charge in [0.2, 0.25) is 5.95 Å². The van der Waals surface area contributed by atoms with E-state index in [9.17, 15) is 10.1 Å². The van der Waals surface area contributed by atoms with Crippen molar-refractivity contribution in [2.75, 3.05) is 11.9 Å². The van der Waals surface area contributed by atoms with E-state index in [1.54, 1.807) is 0 Å². The molecule has 1 aliphatic carbocycles. The molecule has 1 aliphatic rings. The van der Waals surface area contributed by atoms with Crippen molar-refractivity contribution in [1.82, 2.24) is 9.97 Å². The van der Waals surface area contributed by atoms with Gasteiger partial charge in [-0.3, -0.25) is 10.1 Å². The molecule has 20 heavy (non-hydrogen) atoms. The molecule has 1 heterocycles. The molecule has 1 aromatic rings. The fourth-order valence-electron chi connectivity index (χ4n) is 2.23. The van der Waals surface area contributed by atoms with E-state index >= 15 is 0 Å². The van der Waals surface area contributed by atoms with Crippen LogP contribution in [0.4, 0.5) is 11.6 Å². The van der Waals surface area contributed by atoms with Gasteiger partial charge in [-0.15, -0.1) is 0 Å². The third-order valence-corrected chi connectivity index (χ3v) is 4.62. The summed E-state index contributed by atoms with van der Waals surface area (Å²) < 4.78 is 0. The zero-order valence-corrected chi connectivity index (χ0v) is 12.5. The lowest BCUT2D eigenvalue weighted by atomic mass is 10.0. The largest absolute Gasteiger partial charge is 0.354 e. The maximum atomic E-state index is 11.1. The smallest absolute Gasteiger partial charge is 0.319 e. The Morgan fingerprint density at radius 1 is 1.45 bits per heavy atom. The highest BCUT2D eigenvalue weighted by atomic mass is 32.2. The lowest BCUT2D eigenvalue weighted by Crippen LogP contribution is -2.10. The molecule has 1 N–H and O–H groups in total. The Labute approximate surface area is 122 Å². The Kier molecular flexibility index (Phi) is 5.58. The first-order chi connectivity index (χ1) is 9.70. The number of hydrogen-bond donors (Lipinski definition) is 1. The average molecular weight is 296 g/mol. The lowest BCUT2D eigenvalue weighted by molar-refractivity contribution is -0.388. The summed E-state index contributed by atoms with van der Waals surface area (Å²) in [5.41, 5.74) is 0.0163. The van der Waals surface area contributed by atoms with Crippen molar-refractivity contribution in [3.63, 3.8) is 0 Å². The Bertz CT molecular complexity index is 464. The van der Waals surface area contributed by atoms with Gasteiger partial charge in [0.05, 0.1) is 4.92 Å². The minimum Gasteiger partial charge on any atom is -0.354 e. The molecular formula is C13H20N4O2S. The SMILES string of the molecule is CCCNc1ncc([N+](=O)[O-])c(SC2CCCCC2)n1. The lowest BCUT2D eigenvalue weighted by Gasteiger charge is -2.20. The zero-order chi connectivity index (χ0) is 14.4. The van der Waals surface area contributed by atoms with Gasteiger partial charge in [-0.25, -0.2) is 4.98 Å². The van der Waals surface area contributed by atoms with Crippen molar-refractivity contribution in [2.24, 2.45) is 0 Å². The minimum absolute atomic E-state index is 0.0163. The van der Waals surface area contributed by atoms with Crippen molar-refractivity contribution in [3.8, 4) is 0 Å². The molecule has 0 radical (unpaired) electrons. The summed E-state index contributed by atoms with van der Waals surface area (Å²) in [6.07, 6.45) is 8.19. The van der Waals surface area contributed by atoms with Crippen LogP contribution in [0.2, 0.25) is 0 Å². The molecule has 1 aromatic heterocycles. The summed E-state index contributed by atoms with van der Waals surface area (Å²) >= 11 is 1.53. The van der Waals surface area contributed by atoms with Gasteiger partial charge in [0.1, 0.15) is 6.20 Å². The van der Waals surface area contributed by atoms with E-state index in [4.69, 9.17) is 0 Å². The molecule has 1 saturated carbocycles. The molecule has 0 spiro atoms. The summed E-state index contributed by atoms with van der Waals surface area (Å²) in [5, 5.41) is 15.1. The van der Waals surface area contributed by atoms with Gasteiger partial charge in [0.25, 0.3) is 0 Å². The van der Waals surface area contributed by atoms with Gasteiger partial charge in [-0.1, -0.05) is 37.9 Å². The Morgan fingerprint density at radius 3 is 2.85 bits per heavy atom. The molecule has 0 aromatic carbocycles. The van der Waals surface area contributed by atoms with Crippen molar-refractivity contribution < 1.29 is 4.92 Å². The normalized spacial score (nSPS) is 16.1. The van der Waals surface area contributed by atoms with Crippen LogP contribution < -0.4 is 5.32 Å². The maximum absolute atomic E-state index is 11.1. The van der Waals surface area contributed by atoms with Crippen LogP contribution in [0.15, 0.2) is 11.2 Å². The summed E-state index contributed by atoms with van der Waals surface area (Å²) in [6, 6.07) is 0. The van der Waals surface area contributed by atoms with Crippen molar-refractivity contribution >= 4 is 23.4 Å². The predicted octanol–water partition coefficient (Wildman–Crippen LogP) is 3.63. The second kappa shape index (κ2) is 7.42. The highest BCUT2D eigenvalue weighted by Gasteiger charge is 2.23. The summed E-state index contributed by atoms with van der Waals surface area (Å²) in [6.45, 7) is 2.82. The Hall–Kier alpha value is -1.37. The van der Waals surface area contributed by atoms with E-state index in [1.807, 2.05) is 0 Å². The van der Waals surface area contributed by atoms with Crippen LogP contribution in [0.25, 0.3) is 0 Å². The molecule has 7 heteroatoms. The van der Waals surface area contributed by atoms with E-state index in [0.29, 0.717) is 16.2 Å². The van der Waals surface area contributed by atoms with Crippen LogP contribution in [0.3, 0.4) is 0 Å². The zero-order valence-electron chi connectivity index (χ0n) is 11.7. The van der Waals surface area contributed by atoms with E-state index in [2.05, 4.69) is 22.2 Å². The molecule has 0 unspecified atom stereocenters. The third kappa shape index (κ3) is 4.06. The molecule has 110 valence electrons. The third-order valence-electron chi connectivity index (χ3n) is 3.30. The molecule has 0 aliphatic heterocycles. The van der Waals surface area contributed by atoms with E-state index < -0.39 is 4.92 Å². The van der Waals surface area contributed by atoms with Crippen LogP contribution in [-0.4, -0.2) is 26.7 Å². The molecule has 0 bridgehead atoms. The second-order valence-corrected chi connectivity index (χ2v) is 6.23. The highest BCUT2D eigenvalue weighted by molar-refractivity contribution is 8.00. The fourth-order valence-corrected chi connectivity index (χ4v) is 3.51. The minimum atomic E-state index is -0.394. The Morgan fingerprint density at radius 2 is 2.20 bits per heavy atom. The first kappa shape index (κ1) is 15.0. The number of nitrogens with zero attached hydrogens (tertiary/aromatic N) is 3. The van der Waals surface area contributed by atoms with Gasteiger partial charge in [0.15, 0.2) is 5.03 Å². The molecule has 2 rings (SSSR count). The molecule has 6 nitrogen and oxygen atoms in total. The molecule has 0 amide bonds. The van der Waals surface area contributed by atoms with Crippen LogP contribution in [0, 0.1) is 10.1 Å². The van der Waals surface area contributed by atoms with Crippen LogP contribution in [0.1, 0.15) is 45.4 Å². The topological polar surface area (TPSA) is 81.0 Å². The van der Waals surface area contributed by atoms with Gasteiger partial charge in [-0.05, 0) is 19.3 Å². The van der Waals surface area contributed by atoms with E-state index in [0.717, 1.165) is 25.8 Å². The van der Waals surface area contributed by atoms with Crippen molar-refractivity contribution in [2.45, 2.75) is 55.7 Å². The first-order valence-corrected chi connectivity index (χ1v) is 8.00. The van der Waals surface area contributed by atoms with Gasteiger partial charge in [-0.2, -0.15) is 4.98 Å². The molecular weight excluding hydrogens is 276 g/mol. The molecule has 1 fully saturated rings. The van der Waals surface area contributed by atoms with Gasteiger partial charge < -0.3 is 5.32 Å². The van der Waals surface area contributed by atoms with Gasteiger partial charge >= 0.3 is 5.69 Å². The fraction of sp³-hybridized carbons (Fsp3) is 0.692. The summed E-state index contributed by atoms with van der Waals surface area (Å²) in [7, 11) is 0. The first-order valence-electron chi connectivity index (χ1n) is 7.12. The number of thioether (sulfide) groups is 1. The van der Waals surface area contributed by atoms with Crippen molar-refractivity contribution in [3.05, 3.63) is 16.3 Å². The number of nitrogens with one attached hydrogen (secondary N) is 1. The quantitative estimate of drug-likeness (QED) is 0.490. The second-order valence-electron chi connectivity index (χ2n) is 4.95. The summed E-state index contributed by atoms with van der Waals surface area (Å²) in [5.74, 6) is 0.482. The van der Waals surface area contributed by atoms with E-state index in [1.165, 1.54) is 37.2 Å². The maximum Gasteiger partial charge on any atom is 0.319 e. The monoisotopic (exact) mass is 296 g/mol. The van der Waals surface area contributed by atoms with Gasteiger partial charge in [0, 0.05) is 11.8 Å². The van der Waals surface area contributed by atoms with E-state index in [-0.39, 0.29) is 5.69 Å². The van der Waals surface area contributed by atoms with Crippen LogP contribution in [-0.2, 0) is 0 Å². The molecule has 0 atom stereocenters. The van der Waals surface area contributed by atoms with Crippen LogP contribution in [0.5, 0.6) is 0 Å². The number of nitro groups is 1. The standard InChI is InChI=1S/C13H20N4O2S/c1-2-8-14-13-15-9-11(17(18)19)12(16-13)20-10-6-4-3-5-7-10/h9-10H,2-8H2,1H3,(H,14,15,16). The summed E-state index contributed by atoms with van der Waals surface area (Å²) in [4.78, 5) is 19.0. The number of anilines is 1. The highest BCUT2D eigenvalue weighted by Crippen LogP contribution is 2.36. The number of hydrogen-bond acceptors (Lipinski definition) is 6. The number of aromatic nitrogens is 2. The Balaban J connectivity index is 2.14.